The van der Waals surface area contributed by atoms with Crippen LogP contribution in [0, 0.1) is 0 Å². The third-order valence-electron chi connectivity index (χ3n) is 13.1. The maximum Gasteiger partial charge on any atom is 0.305 e. The highest BCUT2D eigenvalue weighted by Gasteiger charge is 2.18. The number of hydrogen-bond donors (Lipinski definition) is 3. The minimum absolute atomic E-state index is 0.0130. The molecule has 0 aromatic heterocycles. The second-order valence-electron chi connectivity index (χ2n) is 19.3. The molecule has 0 bridgehead atoms. The summed E-state index contributed by atoms with van der Waals surface area (Å²) in [6, 6.07) is -0.626. The molecular weight excluding hydrogens is 767 g/mol. The Morgan fingerprint density at radius 2 is 0.742 bits per heavy atom. The molecule has 0 aliphatic carbocycles. The number of carbonyl (C=O) groups excluding carboxylic acids is 2. The van der Waals surface area contributed by atoms with Gasteiger partial charge in [0, 0.05) is 12.8 Å². The molecule has 0 aliphatic rings. The molecule has 0 rings (SSSR count). The van der Waals surface area contributed by atoms with Gasteiger partial charge in [-0.25, -0.2) is 0 Å². The molecule has 6 nitrogen and oxygen atoms in total. The summed E-state index contributed by atoms with van der Waals surface area (Å²) >= 11 is 0. The topological polar surface area (TPSA) is 95.9 Å². The molecule has 0 radical (unpaired) electrons. The molecular formula is C56H109NO5. The summed E-state index contributed by atoms with van der Waals surface area (Å²) in [6.07, 6.45) is 60.9. The fourth-order valence-corrected chi connectivity index (χ4v) is 8.75. The van der Waals surface area contributed by atoms with Gasteiger partial charge in [-0.2, -0.15) is 0 Å². The van der Waals surface area contributed by atoms with Gasteiger partial charge in [-0.05, 0) is 32.1 Å². The molecule has 62 heavy (non-hydrogen) atoms. The van der Waals surface area contributed by atoms with Crippen LogP contribution in [-0.4, -0.2) is 47.4 Å². The minimum atomic E-state index is -0.842. The molecule has 0 spiro atoms. The third kappa shape index (κ3) is 48.1. The van der Waals surface area contributed by atoms with Gasteiger partial charge in [-0.1, -0.05) is 276 Å². The first-order chi connectivity index (χ1) is 30.5. The summed E-state index contributed by atoms with van der Waals surface area (Å²) in [7, 11) is 0. The lowest BCUT2D eigenvalue weighted by atomic mass is 10.0. The summed E-state index contributed by atoms with van der Waals surface area (Å²) < 4.78 is 5.47. The van der Waals surface area contributed by atoms with E-state index in [0.717, 1.165) is 38.5 Å². The van der Waals surface area contributed by atoms with Gasteiger partial charge >= 0.3 is 5.97 Å². The maximum atomic E-state index is 12.4. The molecule has 0 heterocycles. The van der Waals surface area contributed by atoms with Gasteiger partial charge < -0.3 is 20.3 Å². The van der Waals surface area contributed by atoms with Crippen molar-refractivity contribution in [2.24, 2.45) is 0 Å². The predicted molar refractivity (Wildman–Crippen MR) is 269 cm³/mol. The van der Waals surface area contributed by atoms with E-state index < -0.39 is 12.1 Å². The van der Waals surface area contributed by atoms with Crippen LogP contribution in [0.5, 0.6) is 0 Å². The Morgan fingerprint density at radius 1 is 0.435 bits per heavy atom. The Bertz CT molecular complexity index is 924. The number of amides is 1. The van der Waals surface area contributed by atoms with Crippen LogP contribution < -0.4 is 5.32 Å². The van der Waals surface area contributed by atoms with Gasteiger partial charge in [0.2, 0.25) is 5.91 Å². The highest BCUT2D eigenvalue weighted by molar-refractivity contribution is 5.76. The Kier molecular flexibility index (Phi) is 51.0. The van der Waals surface area contributed by atoms with Crippen LogP contribution >= 0.6 is 0 Å². The molecule has 0 fully saturated rings. The quantitative estimate of drug-likeness (QED) is 0.0321. The number of rotatable bonds is 52. The Balaban J connectivity index is 3.38. The number of allylic oxidation sites excluding steroid dienone is 1. The van der Waals surface area contributed by atoms with Gasteiger partial charge in [-0.15, -0.1) is 0 Å². The van der Waals surface area contributed by atoms with Gasteiger partial charge in [0.25, 0.3) is 0 Å². The van der Waals surface area contributed by atoms with E-state index in [9.17, 15) is 19.8 Å². The predicted octanol–water partition coefficient (Wildman–Crippen LogP) is 16.9. The van der Waals surface area contributed by atoms with Crippen molar-refractivity contribution in [1.82, 2.24) is 5.32 Å². The second kappa shape index (κ2) is 52.2. The SMILES string of the molecule is CCCCCCCCCCC/C=C/C(O)C(CO)NC(=O)CCCCCCCCCCCCCCCCCCCCCCCOC(=O)CCCCCCCCCCCCCCC. The first-order valence-corrected chi connectivity index (χ1v) is 28.0. The second-order valence-corrected chi connectivity index (χ2v) is 19.3. The van der Waals surface area contributed by atoms with Crippen LogP contribution in [0.4, 0.5) is 0 Å². The fourth-order valence-electron chi connectivity index (χ4n) is 8.75. The van der Waals surface area contributed by atoms with Crippen molar-refractivity contribution in [1.29, 1.82) is 0 Å². The molecule has 3 N–H and O–H groups in total. The zero-order valence-corrected chi connectivity index (χ0v) is 41.9. The van der Waals surface area contributed by atoms with Gasteiger partial charge in [0.05, 0.1) is 25.4 Å². The number of ether oxygens (including phenoxy) is 1. The lowest BCUT2D eigenvalue weighted by Crippen LogP contribution is -2.45. The van der Waals surface area contributed by atoms with E-state index >= 15 is 0 Å². The van der Waals surface area contributed by atoms with E-state index in [1.165, 1.54) is 244 Å². The van der Waals surface area contributed by atoms with Crippen molar-refractivity contribution in [3.63, 3.8) is 0 Å². The monoisotopic (exact) mass is 876 g/mol. The van der Waals surface area contributed by atoms with Crippen LogP contribution in [0.25, 0.3) is 0 Å². The standard InChI is InChI=1S/C56H109NO5/c1-3-5-7-9-11-13-15-25-30-34-38-42-46-50-56(61)62-51-47-43-39-35-31-27-24-22-20-18-16-17-19-21-23-26-29-33-37-41-45-49-55(60)57-53(52-58)54(59)48-44-40-36-32-28-14-12-10-8-6-4-2/h44,48,53-54,58-59H,3-43,45-47,49-52H2,1-2H3,(H,57,60)/b48-44+. The molecule has 2 atom stereocenters. The maximum absolute atomic E-state index is 12.4. The zero-order chi connectivity index (χ0) is 45.1. The summed E-state index contributed by atoms with van der Waals surface area (Å²) in [5, 5.41) is 23.0. The smallest absolute Gasteiger partial charge is 0.305 e. The van der Waals surface area contributed by atoms with Gasteiger partial charge in [0.15, 0.2) is 0 Å². The molecule has 0 aromatic carbocycles. The van der Waals surface area contributed by atoms with Crippen LogP contribution in [0.15, 0.2) is 12.2 Å². The summed E-state index contributed by atoms with van der Waals surface area (Å²) in [4.78, 5) is 24.4. The number of carbonyl (C=O) groups is 2. The fraction of sp³-hybridized carbons (Fsp3) is 0.929. The van der Waals surface area contributed by atoms with Crippen LogP contribution in [-0.2, 0) is 14.3 Å². The molecule has 0 aromatic rings. The molecule has 0 saturated carbocycles. The Labute approximate surface area is 387 Å². The molecule has 0 aliphatic heterocycles. The molecule has 368 valence electrons. The van der Waals surface area contributed by atoms with E-state index in [2.05, 4.69) is 19.2 Å². The summed E-state index contributed by atoms with van der Waals surface area (Å²) in [5.74, 6) is -0.0562. The van der Waals surface area contributed by atoms with Crippen molar-refractivity contribution < 1.29 is 24.5 Å². The number of aliphatic hydroxyl groups is 2. The van der Waals surface area contributed by atoms with Crippen molar-refractivity contribution in [3.8, 4) is 0 Å². The van der Waals surface area contributed by atoms with Crippen LogP contribution in [0.3, 0.4) is 0 Å². The van der Waals surface area contributed by atoms with E-state index in [-0.39, 0.29) is 18.5 Å². The Hall–Kier alpha value is -1.40. The van der Waals surface area contributed by atoms with Crippen molar-refractivity contribution in [3.05, 3.63) is 12.2 Å². The minimum Gasteiger partial charge on any atom is -0.466 e. The lowest BCUT2D eigenvalue weighted by molar-refractivity contribution is -0.143. The van der Waals surface area contributed by atoms with E-state index in [1.54, 1.807) is 6.08 Å². The van der Waals surface area contributed by atoms with Gasteiger partial charge in [0.1, 0.15) is 0 Å². The molecule has 6 heteroatoms. The number of hydrogen-bond acceptors (Lipinski definition) is 5. The van der Waals surface area contributed by atoms with Gasteiger partial charge in [-0.3, -0.25) is 9.59 Å². The average molecular weight is 876 g/mol. The van der Waals surface area contributed by atoms with E-state index in [1.807, 2.05) is 6.08 Å². The van der Waals surface area contributed by atoms with Crippen molar-refractivity contribution >= 4 is 11.9 Å². The van der Waals surface area contributed by atoms with Crippen LogP contribution in [0.2, 0.25) is 0 Å². The molecule has 2 unspecified atom stereocenters. The largest absolute Gasteiger partial charge is 0.466 e. The normalized spacial score (nSPS) is 12.6. The number of aliphatic hydroxyl groups excluding tert-OH is 2. The Morgan fingerprint density at radius 3 is 1.10 bits per heavy atom. The highest BCUT2D eigenvalue weighted by Crippen LogP contribution is 2.17. The number of nitrogens with one attached hydrogen (secondary N) is 1. The summed E-state index contributed by atoms with van der Waals surface area (Å²) in [6.45, 7) is 4.90. The van der Waals surface area contributed by atoms with Crippen molar-refractivity contribution in [2.75, 3.05) is 13.2 Å². The number of esters is 1. The van der Waals surface area contributed by atoms with Crippen LogP contribution in [0.1, 0.15) is 309 Å². The molecule has 0 saturated heterocycles. The highest BCUT2D eigenvalue weighted by atomic mass is 16.5. The van der Waals surface area contributed by atoms with E-state index in [0.29, 0.717) is 19.4 Å². The first kappa shape index (κ1) is 60.6. The average Bonchev–Trinajstić information content (AvgIpc) is 3.27. The van der Waals surface area contributed by atoms with E-state index in [4.69, 9.17) is 4.74 Å². The zero-order valence-electron chi connectivity index (χ0n) is 41.9. The summed E-state index contributed by atoms with van der Waals surface area (Å²) in [5.41, 5.74) is 0. The van der Waals surface area contributed by atoms with Crippen molar-refractivity contribution in [2.45, 2.75) is 321 Å². The first-order valence-electron chi connectivity index (χ1n) is 28.0. The lowest BCUT2D eigenvalue weighted by Gasteiger charge is -2.20. The third-order valence-corrected chi connectivity index (χ3v) is 13.1. The number of unbranched alkanes of at least 4 members (excludes halogenated alkanes) is 41. The molecule has 1 amide bonds.